The Balaban J connectivity index is 1.47. The van der Waals surface area contributed by atoms with Crippen molar-refractivity contribution in [1.29, 1.82) is 0 Å². The van der Waals surface area contributed by atoms with E-state index in [0.29, 0.717) is 22.6 Å². The summed E-state index contributed by atoms with van der Waals surface area (Å²) in [6, 6.07) is 22.5. The van der Waals surface area contributed by atoms with Crippen molar-refractivity contribution in [2.24, 2.45) is 0 Å². The Bertz CT molecular complexity index is 1030. The van der Waals surface area contributed by atoms with E-state index < -0.39 is 11.8 Å². The number of ether oxygens (including phenoxy) is 1. The number of aryl methyl sites for hydroxylation is 1. The first-order valence-electron chi connectivity index (χ1n) is 9.27. The summed E-state index contributed by atoms with van der Waals surface area (Å²) in [6.07, 6.45) is 0. The van der Waals surface area contributed by atoms with Crippen molar-refractivity contribution in [3.8, 4) is 5.75 Å². The zero-order valence-corrected chi connectivity index (χ0v) is 16.3. The van der Waals surface area contributed by atoms with Gasteiger partial charge in [0.2, 0.25) is 0 Å². The molecule has 0 aliphatic carbocycles. The second-order valence-electron chi connectivity index (χ2n) is 6.45. The molecule has 7 nitrogen and oxygen atoms in total. The van der Waals surface area contributed by atoms with Crippen LogP contribution < -0.4 is 20.9 Å². The number of nitrogens with one attached hydrogen (secondary N) is 3. The van der Waals surface area contributed by atoms with Crippen LogP contribution in [0.4, 0.5) is 5.69 Å². The van der Waals surface area contributed by atoms with Gasteiger partial charge in [0.1, 0.15) is 5.75 Å². The van der Waals surface area contributed by atoms with Crippen LogP contribution in [0.5, 0.6) is 5.75 Å². The quantitative estimate of drug-likeness (QED) is 0.551. The van der Waals surface area contributed by atoms with Crippen LogP contribution in [0.2, 0.25) is 0 Å². The van der Waals surface area contributed by atoms with E-state index in [1.165, 1.54) is 0 Å². The summed E-state index contributed by atoms with van der Waals surface area (Å²) >= 11 is 0. The fourth-order valence-electron chi connectivity index (χ4n) is 2.59. The van der Waals surface area contributed by atoms with Gasteiger partial charge in [-0.3, -0.25) is 25.2 Å². The molecule has 0 fully saturated rings. The molecule has 0 radical (unpaired) electrons. The molecule has 0 aliphatic heterocycles. The Hall–Kier alpha value is -4.13. The zero-order chi connectivity index (χ0) is 21.3. The number of carbonyl (C=O) groups excluding carboxylic acids is 3. The van der Waals surface area contributed by atoms with Crippen LogP contribution in [0.25, 0.3) is 0 Å². The Morgan fingerprint density at radius 3 is 2.07 bits per heavy atom. The molecule has 0 aliphatic rings. The maximum atomic E-state index is 12.2. The van der Waals surface area contributed by atoms with Crippen molar-refractivity contribution in [2.75, 3.05) is 11.9 Å². The number of hydrogen-bond donors (Lipinski definition) is 3. The Labute approximate surface area is 174 Å². The van der Waals surface area contributed by atoms with Crippen LogP contribution in [0.1, 0.15) is 26.3 Å². The third-order valence-electron chi connectivity index (χ3n) is 4.21. The molecule has 0 saturated heterocycles. The van der Waals surface area contributed by atoms with Gasteiger partial charge in [-0.2, -0.15) is 0 Å². The predicted molar refractivity (Wildman–Crippen MR) is 113 cm³/mol. The van der Waals surface area contributed by atoms with Crippen LogP contribution in [-0.2, 0) is 4.79 Å². The standard InChI is InChI=1S/C23H21N3O4/c1-16-7-5-6-10-20(16)30-15-21(27)25-26-23(29)18-11-13-19(14-12-18)24-22(28)17-8-3-2-4-9-17/h2-14H,15H2,1H3,(H,24,28)(H,25,27)(H,26,29). The summed E-state index contributed by atoms with van der Waals surface area (Å²) in [6.45, 7) is 1.65. The van der Waals surface area contributed by atoms with Gasteiger partial charge in [0.25, 0.3) is 17.7 Å². The highest BCUT2D eigenvalue weighted by Crippen LogP contribution is 2.15. The van der Waals surface area contributed by atoms with Gasteiger partial charge >= 0.3 is 0 Å². The van der Waals surface area contributed by atoms with Gasteiger partial charge in [0.15, 0.2) is 6.61 Å². The van der Waals surface area contributed by atoms with Crippen molar-refractivity contribution in [3.63, 3.8) is 0 Å². The minimum absolute atomic E-state index is 0.227. The van der Waals surface area contributed by atoms with Crippen LogP contribution in [0.15, 0.2) is 78.9 Å². The van der Waals surface area contributed by atoms with E-state index in [1.807, 2.05) is 31.2 Å². The SMILES string of the molecule is Cc1ccccc1OCC(=O)NNC(=O)c1ccc(NC(=O)c2ccccc2)cc1. The molecule has 0 spiro atoms. The summed E-state index contributed by atoms with van der Waals surface area (Å²) in [5, 5.41) is 2.75. The molecule has 152 valence electrons. The van der Waals surface area contributed by atoms with E-state index in [0.717, 1.165) is 5.56 Å². The van der Waals surface area contributed by atoms with Crippen LogP contribution >= 0.6 is 0 Å². The lowest BCUT2D eigenvalue weighted by molar-refractivity contribution is -0.123. The fourth-order valence-corrected chi connectivity index (χ4v) is 2.59. The van der Waals surface area contributed by atoms with E-state index in [9.17, 15) is 14.4 Å². The number of benzene rings is 3. The molecular weight excluding hydrogens is 382 g/mol. The number of rotatable bonds is 6. The molecule has 0 saturated carbocycles. The summed E-state index contributed by atoms with van der Waals surface area (Å²) in [5.41, 5.74) is 6.96. The smallest absolute Gasteiger partial charge is 0.276 e. The number of carbonyl (C=O) groups is 3. The highest BCUT2D eigenvalue weighted by atomic mass is 16.5. The van der Waals surface area contributed by atoms with Crippen molar-refractivity contribution < 1.29 is 19.1 Å². The largest absolute Gasteiger partial charge is 0.483 e. The van der Waals surface area contributed by atoms with Crippen LogP contribution in [0.3, 0.4) is 0 Å². The van der Waals surface area contributed by atoms with Gasteiger partial charge in [-0.15, -0.1) is 0 Å². The second kappa shape index (κ2) is 9.88. The first-order chi connectivity index (χ1) is 14.5. The molecule has 0 unspecified atom stereocenters. The number of hydrogen-bond acceptors (Lipinski definition) is 4. The Morgan fingerprint density at radius 1 is 0.733 bits per heavy atom. The maximum Gasteiger partial charge on any atom is 0.276 e. The van der Waals surface area contributed by atoms with E-state index in [4.69, 9.17) is 4.74 Å². The van der Waals surface area contributed by atoms with E-state index in [-0.39, 0.29) is 12.5 Å². The van der Waals surface area contributed by atoms with Gasteiger partial charge in [-0.25, -0.2) is 0 Å². The lowest BCUT2D eigenvalue weighted by atomic mass is 10.1. The summed E-state index contributed by atoms with van der Waals surface area (Å²) in [5.74, 6) is -0.612. The Morgan fingerprint density at radius 2 is 1.37 bits per heavy atom. The van der Waals surface area contributed by atoms with Gasteiger partial charge in [0.05, 0.1) is 0 Å². The molecule has 3 N–H and O–H groups in total. The molecule has 0 atom stereocenters. The topological polar surface area (TPSA) is 96.5 Å². The van der Waals surface area contributed by atoms with Crippen molar-refractivity contribution in [1.82, 2.24) is 10.9 Å². The van der Waals surface area contributed by atoms with E-state index in [2.05, 4.69) is 16.2 Å². The molecule has 3 aromatic carbocycles. The fraction of sp³-hybridized carbons (Fsp3) is 0.0870. The van der Waals surface area contributed by atoms with Crippen molar-refractivity contribution in [2.45, 2.75) is 6.92 Å². The minimum Gasteiger partial charge on any atom is -0.483 e. The normalized spacial score (nSPS) is 10.0. The van der Waals surface area contributed by atoms with Gasteiger partial charge in [-0.05, 0) is 55.0 Å². The molecule has 3 rings (SSSR count). The number of hydrazine groups is 1. The Kier molecular flexibility index (Phi) is 6.78. The minimum atomic E-state index is -0.488. The number of anilines is 1. The average molecular weight is 403 g/mol. The van der Waals surface area contributed by atoms with E-state index in [1.54, 1.807) is 54.6 Å². The highest BCUT2D eigenvalue weighted by Gasteiger charge is 2.10. The maximum absolute atomic E-state index is 12.2. The summed E-state index contributed by atoms with van der Waals surface area (Å²) in [4.78, 5) is 36.2. The van der Waals surface area contributed by atoms with Gasteiger partial charge in [0, 0.05) is 16.8 Å². The summed E-state index contributed by atoms with van der Waals surface area (Å²) < 4.78 is 5.42. The van der Waals surface area contributed by atoms with Crippen molar-refractivity contribution in [3.05, 3.63) is 95.6 Å². The molecule has 3 amide bonds. The zero-order valence-electron chi connectivity index (χ0n) is 16.3. The van der Waals surface area contributed by atoms with Crippen molar-refractivity contribution >= 4 is 23.4 Å². The second-order valence-corrected chi connectivity index (χ2v) is 6.45. The lowest BCUT2D eigenvalue weighted by Crippen LogP contribution is -2.43. The third-order valence-corrected chi connectivity index (χ3v) is 4.21. The molecule has 0 heterocycles. The number of amides is 3. The van der Waals surface area contributed by atoms with E-state index >= 15 is 0 Å². The molecule has 0 aromatic heterocycles. The first-order valence-corrected chi connectivity index (χ1v) is 9.27. The summed E-state index contributed by atoms with van der Waals surface area (Å²) in [7, 11) is 0. The molecule has 3 aromatic rings. The van der Waals surface area contributed by atoms with Crippen LogP contribution in [0, 0.1) is 6.92 Å². The highest BCUT2D eigenvalue weighted by molar-refractivity contribution is 6.04. The predicted octanol–water partition coefficient (Wildman–Crippen LogP) is 3.09. The lowest BCUT2D eigenvalue weighted by Gasteiger charge is -2.10. The molecule has 30 heavy (non-hydrogen) atoms. The monoisotopic (exact) mass is 403 g/mol. The first kappa shape index (κ1) is 20.6. The van der Waals surface area contributed by atoms with Crippen LogP contribution in [-0.4, -0.2) is 24.3 Å². The van der Waals surface area contributed by atoms with Gasteiger partial charge < -0.3 is 10.1 Å². The molecule has 0 bridgehead atoms. The molecule has 7 heteroatoms. The molecular formula is C23H21N3O4. The van der Waals surface area contributed by atoms with Gasteiger partial charge in [-0.1, -0.05) is 36.4 Å². The average Bonchev–Trinajstić information content (AvgIpc) is 2.78. The number of para-hydroxylation sites is 1. The third kappa shape index (κ3) is 5.68.